The van der Waals surface area contributed by atoms with E-state index in [2.05, 4.69) is 9.72 Å². The maximum atomic E-state index is 12.9. The number of H-pyrrole nitrogens is 1. The molecule has 1 N–H and O–H groups in total. The number of carbonyl (C=O) groups is 3. The molecule has 166 valence electrons. The lowest BCUT2D eigenvalue weighted by Gasteiger charge is -2.40. The van der Waals surface area contributed by atoms with Crippen molar-refractivity contribution < 1.29 is 23.9 Å². The standard InChI is InChI=1S/C25H26N2O5/c1-31-23(29)13-17(28)12-21-24-19(18-10-6-7-11-20(18)26-24)14-22(25(30)32-2)27(21)15-16-8-4-3-5-9-16/h3-11,21-22,26H,12-15H2,1-2H3/t21-,22+/m0/s1. The molecule has 0 saturated heterocycles. The molecule has 0 bridgehead atoms. The fourth-order valence-electron chi connectivity index (χ4n) is 4.53. The topological polar surface area (TPSA) is 88.7 Å². The van der Waals surface area contributed by atoms with Crippen LogP contribution in [-0.2, 0) is 36.8 Å². The highest BCUT2D eigenvalue weighted by molar-refractivity contribution is 5.96. The first-order valence-corrected chi connectivity index (χ1v) is 10.6. The minimum Gasteiger partial charge on any atom is -0.469 e. The highest BCUT2D eigenvalue weighted by Gasteiger charge is 2.41. The number of hydrogen-bond acceptors (Lipinski definition) is 6. The molecular formula is C25H26N2O5. The molecule has 4 rings (SSSR count). The number of aromatic nitrogens is 1. The maximum Gasteiger partial charge on any atom is 0.323 e. The van der Waals surface area contributed by atoms with E-state index in [1.54, 1.807) is 0 Å². The Morgan fingerprint density at radius 2 is 1.72 bits per heavy atom. The maximum absolute atomic E-state index is 12.9. The first-order chi connectivity index (χ1) is 15.5. The average Bonchev–Trinajstić information content (AvgIpc) is 3.19. The van der Waals surface area contributed by atoms with Crippen LogP contribution in [0.5, 0.6) is 0 Å². The van der Waals surface area contributed by atoms with Crippen LogP contribution in [0.2, 0.25) is 0 Å². The van der Waals surface area contributed by atoms with Gasteiger partial charge in [0.2, 0.25) is 0 Å². The number of benzene rings is 2. The summed E-state index contributed by atoms with van der Waals surface area (Å²) in [7, 11) is 2.65. The molecule has 0 amide bonds. The number of hydrogen-bond donors (Lipinski definition) is 1. The lowest BCUT2D eigenvalue weighted by Crippen LogP contribution is -2.48. The Kier molecular flexibility index (Phi) is 6.37. The second kappa shape index (κ2) is 9.36. The molecule has 2 aromatic carbocycles. The Hall–Kier alpha value is -3.45. The predicted octanol–water partition coefficient (Wildman–Crippen LogP) is 3.33. The van der Waals surface area contributed by atoms with Crippen molar-refractivity contribution in [3.63, 3.8) is 0 Å². The smallest absolute Gasteiger partial charge is 0.323 e. The van der Waals surface area contributed by atoms with Crippen molar-refractivity contribution in [1.29, 1.82) is 0 Å². The molecular weight excluding hydrogens is 408 g/mol. The highest BCUT2D eigenvalue weighted by Crippen LogP contribution is 2.40. The largest absolute Gasteiger partial charge is 0.469 e. The predicted molar refractivity (Wildman–Crippen MR) is 119 cm³/mol. The van der Waals surface area contributed by atoms with E-state index in [4.69, 9.17) is 4.74 Å². The van der Waals surface area contributed by atoms with Crippen LogP contribution in [0.15, 0.2) is 54.6 Å². The number of rotatable bonds is 7. The Balaban J connectivity index is 1.79. The van der Waals surface area contributed by atoms with Crippen molar-refractivity contribution in [2.75, 3.05) is 14.2 Å². The van der Waals surface area contributed by atoms with Gasteiger partial charge in [-0.05, 0) is 17.2 Å². The molecule has 1 aliphatic heterocycles. The third-order valence-corrected chi connectivity index (χ3v) is 6.05. The van der Waals surface area contributed by atoms with Gasteiger partial charge in [-0.25, -0.2) is 0 Å². The van der Waals surface area contributed by atoms with E-state index in [1.807, 2.05) is 59.5 Å². The summed E-state index contributed by atoms with van der Waals surface area (Å²) in [6.45, 7) is 0.464. The van der Waals surface area contributed by atoms with Crippen molar-refractivity contribution in [2.24, 2.45) is 0 Å². The van der Waals surface area contributed by atoms with Gasteiger partial charge in [-0.3, -0.25) is 19.3 Å². The van der Waals surface area contributed by atoms with Crippen LogP contribution in [0.4, 0.5) is 0 Å². The summed E-state index contributed by atoms with van der Waals surface area (Å²) in [5, 5.41) is 1.03. The van der Waals surface area contributed by atoms with Gasteiger partial charge in [0, 0.05) is 36.0 Å². The third kappa shape index (κ3) is 4.29. The van der Waals surface area contributed by atoms with E-state index in [0.29, 0.717) is 13.0 Å². The van der Waals surface area contributed by atoms with Crippen molar-refractivity contribution in [1.82, 2.24) is 9.88 Å². The van der Waals surface area contributed by atoms with Crippen LogP contribution in [0.1, 0.15) is 35.7 Å². The second-order valence-corrected chi connectivity index (χ2v) is 7.98. The van der Waals surface area contributed by atoms with Gasteiger partial charge in [0.05, 0.1) is 20.3 Å². The lowest BCUT2D eigenvalue weighted by atomic mass is 9.88. The molecule has 32 heavy (non-hydrogen) atoms. The molecule has 1 aromatic heterocycles. The Bertz CT molecular complexity index is 1140. The summed E-state index contributed by atoms with van der Waals surface area (Å²) < 4.78 is 9.82. The number of nitrogens with one attached hydrogen (secondary N) is 1. The summed E-state index contributed by atoms with van der Waals surface area (Å²) >= 11 is 0. The molecule has 0 radical (unpaired) electrons. The molecule has 2 atom stereocenters. The monoisotopic (exact) mass is 434 g/mol. The third-order valence-electron chi connectivity index (χ3n) is 6.05. The zero-order valence-electron chi connectivity index (χ0n) is 18.2. The summed E-state index contributed by atoms with van der Waals surface area (Å²) in [6.07, 6.45) is 0.250. The number of methoxy groups -OCH3 is 2. The van der Waals surface area contributed by atoms with Crippen LogP contribution in [0.25, 0.3) is 10.9 Å². The van der Waals surface area contributed by atoms with Crippen LogP contribution >= 0.6 is 0 Å². The zero-order chi connectivity index (χ0) is 22.7. The first-order valence-electron chi connectivity index (χ1n) is 10.6. The Morgan fingerprint density at radius 1 is 1.00 bits per heavy atom. The minimum atomic E-state index is -0.568. The van der Waals surface area contributed by atoms with Gasteiger partial charge in [0.15, 0.2) is 0 Å². The number of aromatic amines is 1. The molecule has 7 heteroatoms. The zero-order valence-corrected chi connectivity index (χ0v) is 18.2. The number of esters is 2. The molecule has 0 saturated carbocycles. The summed E-state index contributed by atoms with van der Waals surface area (Å²) in [4.78, 5) is 42.8. The van der Waals surface area contributed by atoms with Crippen LogP contribution in [-0.4, -0.2) is 47.9 Å². The van der Waals surface area contributed by atoms with Gasteiger partial charge < -0.3 is 14.5 Å². The number of Topliss-reactive ketones (excluding diaryl/α,β-unsaturated/α-hetero) is 1. The van der Waals surface area contributed by atoms with Crippen molar-refractivity contribution in [2.45, 2.75) is 37.9 Å². The number of carbonyl (C=O) groups excluding carboxylic acids is 3. The van der Waals surface area contributed by atoms with Crippen LogP contribution in [0, 0.1) is 0 Å². The molecule has 0 unspecified atom stereocenters. The van der Waals surface area contributed by atoms with E-state index in [-0.39, 0.29) is 24.6 Å². The number of ether oxygens (including phenoxy) is 2. The molecule has 2 heterocycles. The van der Waals surface area contributed by atoms with E-state index in [1.165, 1.54) is 14.2 Å². The number of fused-ring (bicyclic) bond motifs is 3. The van der Waals surface area contributed by atoms with E-state index >= 15 is 0 Å². The molecule has 1 aliphatic rings. The van der Waals surface area contributed by atoms with E-state index in [9.17, 15) is 14.4 Å². The van der Waals surface area contributed by atoms with E-state index in [0.717, 1.165) is 27.7 Å². The van der Waals surface area contributed by atoms with Crippen molar-refractivity contribution >= 4 is 28.6 Å². The van der Waals surface area contributed by atoms with Gasteiger partial charge in [0.1, 0.15) is 18.2 Å². The fourth-order valence-corrected chi connectivity index (χ4v) is 4.53. The first kappa shape index (κ1) is 21.8. The number of nitrogens with zero attached hydrogens (tertiary/aromatic N) is 1. The number of para-hydroxylation sites is 1. The molecule has 0 spiro atoms. The van der Waals surface area contributed by atoms with Crippen LogP contribution < -0.4 is 0 Å². The van der Waals surface area contributed by atoms with Gasteiger partial charge in [0.25, 0.3) is 0 Å². The molecule has 0 fully saturated rings. The van der Waals surface area contributed by atoms with Crippen molar-refractivity contribution in [3.8, 4) is 0 Å². The second-order valence-electron chi connectivity index (χ2n) is 7.98. The summed E-state index contributed by atoms with van der Waals surface area (Å²) in [6, 6.07) is 16.7. The fraction of sp³-hybridized carbons (Fsp3) is 0.320. The van der Waals surface area contributed by atoms with Crippen molar-refractivity contribution in [3.05, 3.63) is 71.4 Å². The van der Waals surface area contributed by atoms with Gasteiger partial charge in [-0.2, -0.15) is 0 Å². The quantitative estimate of drug-likeness (QED) is 0.453. The van der Waals surface area contributed by atoms with Gasteiger partial charge >= 0.3 is 11.9 Å². The highest BCUT2D eigenvalue weighted by atomic mass is 16.5. The molecule has 0 aliphatic carbocycles. The van der Waals surface area contributed by atoms with Crippen LogP contribution in [0.3, 0.4) is 0 Å². The average molecular weight is 434 g/mol. The van der Waals surface area contributed by atoms with Gasteiger partial charge in [-0.1, -0.05) is 48.5 Å². The number of ketones is 1. The molecule has 3 aromatic rings. The minimum absolute atomic E-state index is 0.0786. The summed E-state index contributed by atoms with van der Waals surface area (Å²) in [5.74, 6) is -1.15. The van der Waals surface area contributed by atoms with Gasteiger partial charge in [-0.15, -0.1) is 0 Å². The Labute approximate surface area is 186 Å². The SMILES string of the molecule is COC(=O)CC(=O)C[C@H]1c2[nH]c3ccccc3c2C[C@H](C(=O)OC)N1Cc1ccccc1. The molecule has 7 nitrogen and oxygen atoms in total. The lowest BCUT2D eigenvalue weighted by molar-refractivity contribution is -0.150. The Morgan fingerprint density at radius 3 is 2.44 bits per heavy atom. The summed E-state index contributed by atoms with van der Waals surface area (Å²) in [5.41, 5.74) is 3.89. The van der Waals surface area contributed by atoms with E-state index < -0.39 is 18.1 Å². The normalized spacial score (nSPS) is 18.2.